The molecule has 0 radical (unpaired) electrons. The lowest BCUT2D eigenvalue weighted by Crippen LogP contribution is -2.48. The molecule has 1 rings (SSSR count). The van der Waals surface area contributed by atoms with Gasteiger partial charge in [0.05, 0.1) is 7.11 Å². The van der Waals surface area contributed by atoms with Crippen LogP contribution in [0.3, 0.4) is 0 Å². The van der Waals surface area contributed by atoms with E-state index in [1.54, 1.807) is 0 Å². The Hall–Kier alpha value is -1.34. The SMILES string of the molecule is COc1c(F)cccc1C(O)(CN)C(F)(F)F. The van der Waals surface area contributed by atoms with Crippen molar-refractivity contribution in [1.82, 2.24) is 0 Å². The Morgan fingerprint density at radius 2 is 1.94 bits per heavy atom. The first-order valence-electron chi connectivity index (χ1n) is 4.60. The van der Waals surface area contributed by atoms with Crippen LogP contribution in [0, 0.1) is 5.82 Å². The molecule has 1 atom stereocenters. The fraction of sp³-hybridized carbons (Fsp3) is 0.400. The second-order valence-corrected chi connectivity index (χ2v) is 3.38. The van der Waals surface area contributed by atoms with E-state index in [0.717, 1.165) is 25.3 Å². The molecule has 0 bridgehead atoms. The van der Waals surface area contributed by atoms with Gasteiger partial charge < -0.3 is 15.6 Å². The number of ether oxygens (including phenoxy) is 1. The van der Waals surface area contributed by atoms with Crippen molar-refractivity contribution in [3.05, 3.63) is 29.6 Å². The first-order valence-corrected chi connectivity index (χ1v) is 4.60. The molecule has 0 spiro atoms. The van der Waals surface area contributed by atoms with Crippen molar-refractivity contribution in [3.8, 4) is 5.75 Å². The van der Waals surface area contributed by atoms with Crippen molar-refractivity contribution in [2.45, 2.75) is 11.8 Å². The Kier molecular flexibility index (Phi) is 3.63. The van der Waals surface area contributed by atoms with Crippen LogP contribution in [0.2, 0.25) is 0 Å². The maximum Gasteiger partial charge on any atom is 0.422 e. The first-order chi connectivity index (χ1) is 7.78. The van der Waals surface area contributed by atoms with Crippen molar-refractivity contribution in [3.63, 3.8) is 0 Å². The number of rotatable bonds is 3. The number of methoxy groups -OCH3 is 1. The molecule has 0 aliphatic carbocycles. The van der Waals surface area contributed by atoms with Gasteiger partial charge in [0.15, 0.2) is 11.6 Å². The summed E-state index contributed by atoms with van der Waals surface area (Å²) >= 11 is 0. The highest BCUT2D eigenvalue weighted by molar-refractivity contribution is 5.40. The minimum absolute atomic E-state index is 0.669. The van der Waals surface area contributed by atoms with Crippen molar-refractivity contribution in [2.24, 2.45) is 5.73 Å². The molecule has 0 aromatic heterocycles. The normalized spacial score (nSPS) is 15.5. The van der Waals surface area contributed by atoms with E-state index < -0.39 is 35.5 Å². The van der Waals surface area contributed by atoms with Gasteiger partial charge in [-0.15, -0.1) is 0 Å². The van der Waals surface area contributed by atoms with Crippen LogP contribution in [-0.2, 0) is 5.60 Å². The lowest BCUT2D eigenvalue weighted by Gasteiger charge is -2.30. The van der Waals surface area contributed by atoms with Crippen LogP contribution in [0.25, 0.3) is 0 Å². The Bertz CT molecular complexity index is 408. The van der Waals surface area contributed by atoms with Gasteiger partial charge in [0, 0.05) is 12.1 Å². The van der Waals surface area contributed by atoms with E-state index in [2.05, 4.69) is 4.74 Å². The van der Waals surface area contributed by atoms with E-state index in [9.17, 15) is 22.7 Å². The highest BCUT2D eigenvalue weighted by Gasteiger charge is 2.55. The Balaban J connectivity index is 3.45. The van der Waals surface area contributed by atoms with E-state index in [4.69, 9.17) is 5.73 Å². The van der Waals surface area contributed by atoms with Gasteiger partial charge in [0.25, 0.3) is 0 Å². The molecule has 3 N–H and O–H groups in total. The zero-order chi connectivity index (χ0) is 13.3. The highest BCUT2D eigenvalue weighted by atomic mass is 19.4. The molecule has 0 saturated carbocycles. The molecule has 1 aromatic rings. The van der Waals surface area contributed by atoms with Gasteiger partial charge in [-0.3, -0.25) is 0 Å². The first kappa shape index (κ1) is 13.7. The van der Waals surface area contributed by atoms with E-state index >= 15 is 0 Å². The summed E-state index contributed by atoms with van der Waals surface area (Å²) in [7, 11) is 1.01. The number of halogens is 4. The number of alkyl halides is 3. The third-order valence-electron chi connectivity index (χ3n) is 2.38. The quantitative estimate of drug-likeness (QED) is 0.803. The van der Waals surface area contributed by atoms with Gasteiger partial charge in [0.2, 0.25) is 5.60 Å². The van der Waals surface area contributed by atoms with Gasteiger partial charge >= 0.3 is 6.18 Å². The second kappa shape index (κ2) is 4.50. The Morgan fingerprint density at radius 3 is 2.35 bits per heavy atom. The summed E-state index contributed by atoms with van der Waals surface area (Å²) in [6.07, 6.45) is -5.02. The summed E-state index contributed by atoms with van der Waals surface area (Å²) in [4.78, 5) is 0. The molecular weight excluding hydrogens is 242 g/mol. The van der Waals surface area contributed by atoms with Gasteiger partial charge in [-0.1, -0.05) is 12.1 Å². The molecule has 0 fully saturated rings. The average molecular weight is 253 g/mol. The van der Waals surface area contributed by atoms with Crippen molar-refractivity contribution in [2.75, 3.05) is 13.7 Å². The fourth-order valence-electron chi connectivity index (χ4n) is 1.42. The van der Waals surface area contributed by atoms with Gasteiger partial charge in [-0.25, -0.2) is 4.39 Å². The number of aliphatic hydroxyl groups is 1. The fourth-order valence-corrected chi connectivity index (χ4v) is 1.42. The summed E-state index contributed by atoms with van der Waals surface area (Å²) in [5, 5.41) is 9.57. The van der Waals surface area contributed by atoms with Crippen LogP contribution >= 0.6 is 0 Å². The predicted octanol–water partition coefficient (Wildman–Crippen LogP) is 1.54. The maximum atomic E-state index is 13.3. The summed E-state index contributed by atoms with van der Waals surface area (Å²) in [5.74, 6) is -1.67. The maximum absolute atomic E-state index is 13.3. The molecule has 3 nitrogen and oxygen atoms in total. The van der Waals surface area contributed by atoms with Crippen LogP contribution in [0.1, 0.15) is 5.56 Å². The summed E-state index contributed by atoms with van der Waals surface area (Å²) < 4.78 is 56.0. The van der Waals surface area contributed by atoms with Gasteiger partial charge in [-0.05, 0) is 6.07 Å². The zero-order valence-electron chi connectivity index (χ0n) is 8.88. The third kappa shape index (κ3) is 2.20. The minimum atomic E-state index is -5.02. The molecule has 7 heteroatoms. The standard InChI is InChI=1S/C10H11F4NO2/c1-17-8-6(3-2-4-7(8)11)9(16,5-15)10(12,13)14/h2-4,16H,5,15H2,1H3. The van der Waals surface area contributed by atoms with E-state index in [1.807, 2.05) is 0 Å². The molecule has 1 unspecified atom stereocenters. The van der Waals surface area contributed by atoms with Gasteiger partial charge in [0.1, 0.15) is 0 Å². The molecule has 0 amide bonds. The average Bonchev–Trinajstić information content (AvgIpc) is 2.26. The number of hydrogen-bond donors (Lipinski definition) is 2. The van der Waals surface area contributed by atoms with Crippen LogP contribution in [0.5, 0.6) is 5.75 Å². The number of benzene rings is 1. The molecule has 0 heterocycles. The lowest BCUT2D eigenvalue weighted by molar-refractivity contribution is -0.262. The number of para-hydroxylation sites is 1. The van der Waals surface area contributed by atoms with Crippen LogP contribution in [-0.4, -0.2) is 24.9 Å². The third-order valence-corrected chi connectivity index (χ3v) is 2.38. The Labute approximate surface area is 94.8 Å². The monoisotopic (exact) mass is 253 g/mol. The van der Waals surface area contributed by atoms with Crippen molar-refractivity contribution < 1.29 is 27.4 Å². The lowest BCUT2D eigenvalue weighted by atomic mass is 9.92. The number of nitrogens with two attached hydrogens (primary N) is 1. The van der Waals surface area contributed by atoms with Crippen LogP contribution in [0.4, 0.5) is 17.6 Å². The van der Waals surface area contributed by atoms with Crippen molar-refractivity contribution in [1.29, 1.82) is 0 Å². The van der Waals surface area contributed by atoms with Crippen LogP contribution in [0.15, 0.2) is 18.2 Å². The smallest absolute Gasteiger partial charge is 0.422 e. The largest absolute Gasteiger partial charge is 0.493 e. The minimum Gasteiger partial charge on any atom is -0.493 e. The number of hydrogen-bond acceptors (Lipinski definition) is 3. The molecule has 0 aliphatic rings. The van der Waals surface area contributed by atoms with Crippen LogP contribution < -0.4 is 10.5 Å². The van der Waals surface area contributed by atoms with E-state index in [0.29, 0.717) is 0 Å². The topological polar surface area (TPSA) is 55.5 Å². The van der Waals surface area contributed by atoms with Crippen molar-refractivity contribution >= 4 is 0 Å². The molecule has 0 saturated heterocycles. The summed E-state index contributed by atoms with van der Waals surface area (Å²) in [5.41, 5.74) is 0.877. The van der Waals surface area contributed by atoms with Gasteiger partial charge in [-0.2, -0.15) is 13.2 Å². The predicted molar refractivity (Wildman–Crippen MR) is 52.0 cm³/mol. The molecule has 0 aliphatic heterocycles. The zero-order valence-corrected chi connectivity index (χ0v) is 8.88. The second-order valence-electron chi connectivity index (χ2n) is 3.38. The van der Waals surface area contributed by atoms with E-state index in [-0.39, 0.29) is 0 Å². The summed E-state index contributed by atoms with van der Waals surface area (Å²) in [6.45, 7) is -1.13. The highest BCUT2D eigenvalue weighted by Crippen LogP contribution is 2.42. The molecule has 17 heavy (non-hydrogen) atoms. The molecule has 1 aromatic carbocycles. The summed E-state index contributed by atoms with van der Waals surface area (Å²) in [6, 6.07) is 2.89. The molecular formula is C10H11F4NO2. The van der Waals surface area contributed by atoms with E-state index in [1.165, 1.54) is 0 Å². The Morgan fingerprint density at radius 1 is 1.35 bits per heavy atom. The molecule has 96 valence electrons.